The summed E-state index contributed by atoms with van der Waals surface area (Å²) in [5.41, 5.74) is 1.05. The topological polar surface area (TPSA) is 84.5 Å². The molecule has 1 atom stereocenters. The lowest BCUT2D eigenvalue weighted by Gasteiger charge is -2.23. The van der Waals surface area contributed by atoms with Crippen molar-refractivity contribution in [2.45, 2.75) is 20.0 Å². The molecule has 0 saturated carbocycles. The molecule has 1 aliphatic rings. The lowest BCUT2D eigenvalue weighted by atomic mass is 10.2. The molecule has 6 nitrogen and oxygen atoms in total. The van der Waals surface area contributed by atoms with Crippen LogP contribution < -0.4 is 15.4 Å². The molecule has 0 aliphatic carbocycles. The summed E-state index contributed by atoms with van der Waals surface area (Å²) in [4.78, 5) is 36.1. The second-order valence-electron chi connectivity index (χ2n) is 5.13. The average molecular weight is 330 g/mol. The Bertz CT molecular complexity index is 812. The van der Waals surface area contributed by atoms with Crippen molar-refractivity contribution in [1.29, 1.82) is 0 Å². The summed E-state index contributed by atoms with van der Waals surface area (Å²) in [6.45, 7) is 3.12. The van der Waals surface area contributed by atoms with Crippen molar-refractivity contribution >= 4 is 40.3 Å². The molecule has 2 N–H and O–H groups in total. The second kappa shape index (κ2) is 5.85. The predicted molar refractivity (Wildman–Crippen MR) is 87.4 cm³/mol. The van der Waals surface area contributed by atoms with Gasteiger partial charge in [0.2, 0.25) is 0 Å². The van der Waals surface area contributed by atoms with Crippen molar-refractivity contribution in [3.8, 4) is 5.75 Å². The van der Waals surface area contributed by atoms with Gasteiger partial charge in [0.25, 0.3) is 11.8 Å². The Balaban J connectivity index is 1.78. The van der Waals surface area contributed by atoms with Crippen LogP contribution in [0.25, 0.3) is 0 Å². The largest absolute Gasteiger partial charge is 0.479 e. The highest BCUT2D eigenvalue weighted by Crippen LogP contribution is 2.32. The van der Waals surface area contributed by atoms with Gasteiger partial charge in [0.15, 0.2) is 11.9 Å². The number of hydrogen-bond donors (Lipinski definition) is 2. The monoisotopic (exact) mass is 330 g/mol. The highest BCUT2D eigenvalue weighted by molar-refractivity contribution is 7.16. The number of ether oxygens (including phenoxy) is 1. The molecule has 0 bridgehead atoms. The van der Waals surface area contributed by atoms with E-state index in [4.69, 9.17) is 4.74 Å². The second-order valence-corrected chi connectivity index (χ2v) is 6.22. The number of benzene rings is 1. The van der Waals surface area contributed by atoms with Gasteiger partial charge >= 0.3 is 0 Å². The van der Waals surface area contributed by atoms with E-state index in [9.17, 15) is 14.4 Å². The zero-order chi connectivity index (χ0) is 16.6. The van der Waals surface area contributed by atoms with Gasteiger partial charge in [0.05, 0.1) is 15.4 Å². The van der Waals surface area contributed by atoms with Crippen molar-refractivity contribution in [2.24, 2.45) is 0 Å². The molecule has 2 aromatic rings. The molecule has 0 radical (unpaired) electrons. The summed E-state index contributed by atoms with van der Waals surface area (Å²) >= 11 is 1.14. The standard InChI is InChI=1S/C16H14N2O4S/c1-8(19)13-5-6-14(23-13)16(21)17-10-3-4-12-11(7-10)18-15(20)9(2)22-12/h3-7,9H,1-2H3,(H,17,21)(H,18,20)/t9-/m0/s1. The Kier molecular flexibility index (Phi) is 3.87. The van der Waals surface area contributed by atoms with E-state index < -0.39 is 6.10 Å². The highest BCUT2D eigenvalue weighted by atomic mass is 32.1. The zero-order valence-electron chi connectivity index (χ0n) is 12.5. The molecule has 3 rings (SSSR count). The summed E-state index contributed by atoms with van der Waals surface area (Å²) < 4.78 is 5.46. The molecule has 1 aromatic heterocycles. The van der Waals surface area contributed by atoms with Crippen LogP contribution in [0.1, 0.15) is 33.2 Å². The number of hydrogen-bond acceptors (Lipinski definition) is 5. The smallest absolute Gasteiger partial charge is 0.265 e. The molecule has 0 spiro atoms. The Morgan fingerprint density at radius 1 is 1.22 bits per heavy atom. The number of amides is 2. The van der Waals surface area contributed by atoms with Gasteiger partial charge in [-0.15, -0.1) is 11.3 Å². The van der Waals surface area contributed by atoms with E-state index in [-0.39, 0.29) is 17.6 Å². The summed E-state index contributed by atoms with van der Waals surface area (Å²) in [5, 5.41) is 5.46. The van der Waals surface area contributed by atoms with Gasteiger partial charge in [-0.1, -0.05) is 0 Å². The van der Waals surface area contributed by atoms with Gasteiger partial charge in [-0.3, -0.25) is 14.4 Å². The van der Waals surface area contributed by atoms with Crippen molar-refractivity contribution < 1.29 is 19.1 Å². The van der Waals surface area contributed by atoms with Crippen LogP contribution in [0.4, 0.5) is 11.4 Å². The van der Waals surface area contributed by atoms with Gasteiger partial charge in [-0.05, 0) is 44.2 Å². The molecule has 0 fully saturated rings. The first-order valence-electron chi connectivity index (χ1n) is 6.98. The van der Waals surface area contributed by atoms with E-state index in [1.54, 1.807) is 37.3 Å². The number of nitrogens with one attached hydrogen (secondary N) is 2. The van der Waals surface area contributed by atoms with Crippen LogP contribution in [0.15, 0.2) is 30.3 Å². The number of carbonyl (C=O) groups excluding carboxylic acids is 3. The number of Topliss-reactive ketones (excluding diaryl/α,β-unsaturated/α-hetero) is 1. The van der Waals surface area contributed by atoms with Crippen LogP contribution in [-0.2, 0) is 4.79 Å². The maximum atomic E-state index is 12.2. The molecule has 2 amide bonds. The molecule has 0 saturated heterocycles. The molecule has 1 aromatic carbocycles. The van der Waals surface area contributed by atoms with Crippen LogP contribution in [-0.4, -0.2) is 23.7 Å². The van der Waals surface area contributed by atoms with Crippen molar-refractivity contribution in [3.63, 3.8) is 0 Å². The Morgan fingerprint density at radius 2 is 1.96 bits per heavy atom. The molecule has 118 valence electrons. The number of fused-ring (bicyclic) bond motifs is 1. The molecule has 7 heteroatoms. The first-order chi connectivity index (χ1) is 10.9. The predicted octanol–water partition coefficient (Wildman–Crippen LogP) is 2.92. The minimum Gasteiger partial charge on any atom is -0.479 e. The van der Waals surface area contributed by atoms with E-state index in [1.165, 1.54) is 6.92 Å². The third kappa shape index (κ3) is 3.09. The van der Waals surface area contributed by atoms with E-state index >= 15 is 0 Å². The minimum atomic E-state index is -0.543. The third-order valence-corrected chi connectivity index (χ3v) is 4.53. The van der Waals surface area contributed by atoms with Gasteiger partial charge in [0.1, 0.15) is 5.75 Å². The fourth-order valence-electron chi connectivity index (χ4n) is 2.13. The van der Waals surface area contributed by atoms with Gasteiger partial charge in [-0.25, -0.2) is 0 Å². The van der Waals surface area contributed by atoms with Crippen molar-refractivity contribution in [2.75, 3.05) is 10.6 Å². The van der Waals surface area contributed by atoms with Crippen LogP contribution in [0.2, 0.25) is 0 Å². The molecule has 0 unspecified atom stereocenters. The van der Waals surface area contributed by atoms with Crippen LogP contribution in [0, 0.1) is 0 Å². The van der Waals surface area contributed by atoms with Gasteiger partial charge in [-0.2, -0.15) is 0 Å². The van der Waals surface area contributed by atoms with Crippen LogP contribution in [0.5, 0.6) is 5.75 Å². The highest BCUT2D eigenvalue weighted by Gasteiger charge is 2.23. The quantitative estimate of drug-likeness (QED) is 0.848. The fourth-order valence-corrected chi connectivity index (χ4v) is 2.92. The molecular formula is C16H14N2O4S. The van der Waals surface area contributed by atoms with Gasteiger partial charge < -0.3 is 15.4 Å². The fraction of sp³-hybridized carbons (Fsp3) is 0.188. The molecule has 23 heavy (non-hydrogen) atoms. The van der Waals surface area contributed by atoms with Gasteiger partial charge in [0, 0.05) is 5.69 Å². The Morgan fingerprint density at radius 3 is 2.65 bits per heavy atom. The van der Waals surface area contributed by atoms with E-state index in [0.717, 1.165) is 11.3 Å². The van der Waals surface area contributed by atoms with E-state index in [2.05, 4.69) is 10.6 Å². The third-order valence-electron chi connectivity index (χ3n) is 3.35. The number of carbonyl (C=O) groups is 3. The maximum absolute atomic E-state index is 12.2. The van der Waals surface area contributed by atoms with Crippen LogP contribution >= 0.6 is 11.3 Å². The SMILES string of the molecule is CC(=O)c1ccc(C(=O)Nc2ccc3c(c2)NC(=O)[C@H](C)O3)s1. The molecular weight excluding hydrogens is 316 g/mol. The van der Waals surface area contributed by atoms with Crippen LogP contribution in [0.3, 0.4) is 0 Å². The van der Waals surface area contributed by atoms with Crippen molar-refractivity contribution in [1.82, 2.24) is 0 Å². The summed E-state index contributed by atoms with van der Waals surface area (Å²) in [6.07, 6.45) is -0.543. The summed E-state index contributed by atoms with van der Waals surface area (Å²) in [5.74, 6) is -0.0499. The first-order valence-corrected chi connectivity index (χ1v) is 7.79. The zero-order valence-corrected chi connectivity index (χ0v) is 13.3. The maximum Gasteiger partial charge on any atom is 0.265 e. The first kappa shape index (κ1) is 15.2. The number of thiophene rings is 1. The summed E-state index contributed by atoms with van der Waals surface area (Å²) in [7, 11) is 0. The van der Waals surface area contributed by atoms with E-state index in [1.807, 2.05) is 0 Å². The number of ketones is 1. The number of anilines is 2. The lowest BCUT2D eigenvalue weighted by Crippen LogP contribution is -2.34. The normalized spacial score (nSPS) is 16.1. The van der Waals surface area contributed by atoms with E-state index in [0.29, 0.717) is 26.9 Å². The lowest BCUT2D eigenvalue weighted by molar-refractivity contribution is -0.122. The summed E-state index contributed by atoms with van der Waals surface area (Å²) in [6, 6.07) is 8.26. The minimum absolute atomic E-state index is 0.0724. The molecule has 2 heterocycles. The average Bonchev–Trinajstić information content (AvgIpc) is 2.99. The number of rotatable bonds is 3. The Labute approximate surface area is 136 Å². The van der Waals surface area contributed by atoms with Crippen molar-refractivity contribution in [3.05, 3.63) is 40.1 Å². The Hall–Kier alpha value is -2.67. The molecule has 1 aliphatic heterocycles.